The van der Waals surface area contributed by atoms with Crippen molar-refractivity contribution < 1.29 is 0 Å². The lowest BCUT2D eigenvalue weighted by Gasteiger charge is -2.17. The van der Waals surface area contributed by atoms with Gasteiger partial charge in [0.25, 0.3) is 0 Å². The second kappa shape index (κ2) is 6.33. The summed E-state index contributed by atoms with van der Waals surface area (Å²) in [5.41, 5.74) is 17.3. The molecule has 0 aromatic heterocycles. The van der Waals surface area contributed by atoms with Gasteiger partial charge in [-0.25, -0.2) is 0 Å². The van der Waals surface area contributed by atoms with Crippen LogP contribution in [-0.2, 0) is 0 Å². The Labute approximate surface area is 153 Å². The fourth-order valence-electron chi connectivity index (χ4n) is 4.28. The van der Waals surface area contributed by atoms with Crippen LogP contribution in [0.25, 0.3) is 11.1 Å². The molecular weight excluding hydrogens is 300 g/mol. The van der Waals surface area contributed by atoms with Gasteiger partial charge >= 0.3 is 0 Å². The van der Waals surface area contributed by atoms with E-state index in [4.69, 9.17) is 0 Å². The average Bonchev–Trinajstić information content (AvgIpc) is 2.84. The molecule has 0 amide bonds. The molecule has 0 heterocycles. The van der Waals surface area contributed by atoms with Crippen molar-refractivity contribution in [3.8, 4) is 0 Å². The van der Waals surface area contributed by atoms with Crippen molar-refractivity contribution in [1.82, 2.24) is 0 Å². The zero-order chi connectivity index (χ0) is 18.5. The Bertz CT molecular complexity index is 855. The summed E-state index contributed by atoms with van der Waals surface area (Å²) in [7, 11) is 0. The maximum atomic E-state index is 2.30. The van der Waals surface area contributed by atoms with E-state index in [-0.39, 0.29) is 0 Å². The Balaban J connectivity index is 2.16. The Morgan fingerprint density at radius 3 is 1.16 bits per heavy atom. The van der Waals surface area contributed by atoms with E-state index in [0.29, 0.717) is 0 Å². The van der Waals surface area contributed by atoms with Gasteiger partial charge in [-0.3, -0.25) is 0 Å². The Hall–Kier alpha value is -2.08. The van der Waals surface area contributed by atoms with Crippen molar-refractivity contribution in [2.45, 2.75) is 61.8 Å². The third-order valence-corrected chi connectivity index (χ3v) is 6.31. The highest BCUT2D eigenvalue weighted by atomic mass is 14.3. The molecule has 0 heteroatoms. The van der Waals surface area contributed by atoms with Crippen LogP contribution < -0.4 is 0 Å². The molecule has 0 spiro atoms. The van der Waals surface area contributed by atoms with Crippen molar-refractivity contribution in [3.63, 3.8) is 0 Å². The Morgan fingerprint density at radius 2 is 0.800 bits per heavy atom. The first-order valence-electron chi connectivity index (χ1n) is 9.28. The average molecular weight is 331 g/mol. The van der Waals surface area contributed by atoms with Crippen LogP contribution in [0.3, 0.4) is 0 Å². The van der Waals surface area contributed by atoms with Crippen molar-refractivity contribution in [1.29, 1.82) is 0 Å². The monoisotopic (exact) mass is 330 g/mol. The first-order valence-corrected chi connectivity index (χ1v) is 9.28. The highest BCUT2D eigenvalue weighted by Crippen LogP contribution is 2.46. The van der Waals surface area contributed by atoms with E-state index in [1.54, 1.807) is 0 Å². The number of benzene rings is 2. The molecule has 3 rings (SSSR count). The van der Waals surface area contributed by atoms with Crippen molar-refractivity contribution >= 4 is 11.1 Å². The molecule has 0 bridgehead atoms. The third-order valence-electron chi connectivity index (χ3n) is 6.31. The van der Waals surface area contributed by atoms with Gasteiger partial charge in [-0.05, 0) is 129 Å². The lowest BCUT2D eigenvalue weighted by atomic mass is 9.87. The second-order valence-corrected chi connectivity index (χ2v) is 7.78. The number of rotatable bonds is 2. The first-order chi connectivity index (χ1) is 11.7. The van der Waals surface area contributed by atoms with Gasteiger partial charge in [0.15, 0.2) is 0 Å². The van der Waals surface area contributed by atoms with Gasteiger partial charge in [-0.15, -0.1) is 0 Å². The molecule has 2 aromatic carbocycles. The minimum Gasteiger partial charge on any atom is -0.0588 e. The van der Waals surface area contributed by atoms with Gasteiger partial charge in [-0.1, -0.05) is 24.3 Å². The molecule has 0 saturated heterocycles. The topological polar surface area (TPSA) is 0 Å². The maximum absolute atomic E-state index is 2.30. The second-order valence-electron chi connectivity index (χ2n) is 7.78. The van der Waals surface area contributed by atoms with Gasteiger partial charge in [0.05, 0.1) is 0 Å². The molecule has 0 aliphatic heterocycles. The molecule has 1 aliphatic rings. The number of hydrogen-bond acceptors (Lipinski definition) is 0. The van der Waals surface area contributed by atoms with Crippen LogP contribution in [-0.4, -0.2) is 0 Å². The summed E-state index contributed by atoms with van der Waals surface area (Å²) >= 11 is 0. The molecule has 0 saturated carbocycles. The predicted octanol–water partition coefficient (Wildman–Crippen LogP) is 7.19. The van der Waals surface area contributed by atoms with Crippen molar-refractivity contribution in [2.75, 3.05) is 0 Å². The summed E-state index contributed by atoms with van der Waals surface area (Å²) in [6.45, 7) is 18.1. The van der Waals surface area contributed by atoms with Crippen LogP contribution in [0.1, 0.15) is 64.8 Å². The maximum Gasteiger partial charge on any atom is -0.000803 e. The normalized spacial score (nSPS) is 14.7. The zero-order valence-corrected chi connectivity index (χ0v) is 17.0. The van der Waals surface area contributed by atoms with Crippen LogP contribution in [0.5, 0.6) is 0 Å². The molecule has 0 N–H and O–H groups in total. The molecule has 1 aliphatic carbocycles. The fourth-order valence-corrected chi connectivity index (χ4v) is 4.28. The minimum atomic E-state index is 1.05. The summed E-state index contributed by atoms with van der Waals surface area (Å²) < 4.78 is 0. The molecule has 130 valence electrons. The van der Waals surface area contributed by atoms with E-state index in [1.807, 2.05) is 0 Å². The molecule has 25 heavy (non-hydrogen) atoms. The van der Waals surface area contributed by atoms with Crippen LogP contribution >= 0.6 is 0 Å². The number of allylic oxidation sites excluding steroid dienone is 4. The first kappa shape index (κ1) is 17.7. The quantitative estimate of drug-likeness (QED) is 0.546. The van der Waals surface area contributed by atoms with E-state index in [9.17, 15) is 0 Å². The molecule has 0 nitrogen and oxygen atoms in total. The van der Waals surface area contributed by atoms with Gasteiger partial charge in [0.2, 0.25) is 0 Å². The lowest BCUT2D eigenvalue weighted by Crippen LogP contribution is -1.98. The highest BCUT2D eigenvalue weighted by molar-refractivity contribution is 5.94. The van der Waals surface area contributed by atoms with E-state index >= 15 is 0 Å². The lowest BCUT2D eigenvalue weighted by molar-refractivity contribution is 1.22. The molecule has 0 radical (unpaired) electrons. The summed E-state index contributed by atoms with van der Waals surface area (Å²) in [4.78, 5) is 0. The number of hydrogen-bond donors (Lipinski definition) is 0. The zero-order valence-electron chi connectivity index (χ0n) is 17.0. The number of aryl methyl sites for hydroxylation is 4. The van der Waals surface area contributed by atoms with Crippen LogP contribution in [0, 0.1) is 41.5 Å². The van der Waals surface area contributed by atoms with Gasteiger partial charge in [0, 0.05) is 0 Å². The standard InChI is InChI=1S/C25H30/c1-14-9-11-16(3)24(18(14)5)22-13-23(21(8)20(22)7)25-17(4)12-10-15(2)19(25)6/h9-12H,13H2,1-8H3. The van der Waals surface area contributed by atoms with Gasteiger partial charge in [-0.2, -0.15) is 0 Å². The van der Waals surface area contributed by atoms with E-state index in [2.05, 4.69) is 79.7 Å². The molecule has 0 atom stereocenters. The molecule has 0 fully saturated rings. The summed E-state index contributed by atoms with van der Waals surface area (Å²) in [6, 6.07) is 9.03. The summed E-state index contributed by atoms with van der Waals surface area (Å²) in [5.74, 6) is 0. The van der Waals surface area contributed by atoms with E-state index < -0.39 is 0 Å². The van der Waals surface area contributed by atoms with Crippen LogP contribution in [0.15, 0.2) is 35.4 Å². The van der Waals surface area contributed by atoms with E-state index in [1.165, 1.54) is 66.8 Å². The Kier molecular flexibility index (Phi) is 4.49. The largest absolute Gasteiger partial charge is 0.0588 e. The predicted molar refractivity (Wildman–Crippen MR) is 111 cm³/mol. The molecule has 2 aromatic rings. The van der Waals surface area contributed by atoms with Crippen LogP contribution in [0.2, 0.25) is 0 Å². The SMILES string of the molecule is CC1=C(c2c(C)ccc(C)c2C)CC(c2c(C)ccc(C)c2C)=C1C. The van der Waals surface area contributed by atoms with Crippen LogP contribution in [0.4, 0.5) is 0 Å². The smallest absolute Gasteiger partial charge is 0.000803 e. The van der Waals surface area contributed by atoms with Crippen molar-refractivity contribution in [3.05, 3.63) is 79.9 Å². The van der Waals surface area contributed by atoms with Gasteiger partial charge in [0.1, 0.15) is 0 Å². The van der Waals surface area contributed by atoms with Gasteiger partial charge < -0.3 is 0 Å². The Morgan fingerprint density at radius 1 is 0.480 bits per heavy atom. The molecule has 0 unspecified atom stereocenters. The van der Waals surface area contributed by atoms with Crippen molar-refractivity contribution in [2.24, 2.45) is 0 Å². The highest BCUT2D eigenvalue weighted by Gasteiger charge is 2.25. The summed E-state index contributed by atoms with van der Waals surface area (Å²) in [5, 5.41) is 0. The third kappa shape index (κ3) is 2.78. The fraction of sp³-hybridized carbons (Fsp3) is 0.360. The minimum absolute atomic E-state index is 1.05. The molecular formula is C25H30. The van der Waals surface area contributed by atoms with E-state index in [0.717, 1.165) is 6.42 Å². The summed E-state index contributed by atoms with van der Waals surface area (Å²) in [6.07, 6.45) is 1.05.